The minimum Gasteiger partial charge on any atom is -0.497 e. The summed E-state index contributed by atoms with van der Waals surface area (Å²) < 4.78 is 29.9. The highest BCUT2D eigenvalue weighted by molar-refractivity contribution is 5.49. The number of ether oxygens (including phenoxy) is 1. The van der Waals surface area contributed by atoms with Crippen molar-refractivity contribution in [3.63, 3.8) is 0 Å². The van der Waals surface area contributed by atoms with Crippen LogP contribution in [-0.4, -0.2) is 33.2 Å². The Morgan fingerprint density at radius 3 is 2.41 bits per heavy atom. The van der Waals surface area contributed by atoms with Gasteiger partial charge >= 0.3 is 0 Å². The second-order valence-electron chi connectivity index (χ2n) is 3.68. The summed E-state index contributed by atoms with van der Waals surface area (Å²) in [5, 5.41) is 0. The molecule has 2 N–H and O–H groups in total. The summed E-state index contributed by atoms with van der Waals surface area (Å²) in [7, 11) is 1.57. The first-order valence-corrected chi connectivity index (χ1v) is 5.54. The van der Waals surface area contributed by atoms with E-state index in [2.05, 4.69) is 0 Å². The van der Waals surface area contributed by atoms with Gasteiger partial charge in [-0.1, -0.05) is 0 Å². The van der Waals surface area contributed by atoms with Gasteiger partial charge in [0, 0.05) is 12.2 Å². The lowest BCUT2D eigenvalue weighted by atomic mass is 10.2. The molecular weight excluding hydrogens is 226 g/mol. The van der Waals surface area contributed by atoms with Gasteiger partial charge in [0.05, 0.1) is 13.7 Å². The molecule has 0 fully saturated rings. The fourth-order valence-electron chi connectivity index (χ4n) is 1.57. The monoisotopic (exact) mass is 244 g/mol. The lowest BCUT2D eigenvalue weighted by molar-refractivity contribution is 0.154. The zero-order valence-electron chi connectivity index (χ0n) is 9.90. The highest BCUT2D eigenvalue weighted by Gasteiger charge is 2.12. The molecule has 0 saturated carbocycles. The van der Waals surface area contributed by atoms with Crippen molar-refractivity contribution in [3.05, 3.63) is 24.3 Å². The van der Waals surface area contributed by atoms with Crippen molar-refractivity contribution in [1.82, 2.24) is 0 Å². The van der Waals surface area contributed by atoms with Gasteiger partial charge in [-0.05, 0) is 37.2 Å². The van der Waals surface area contributed by atoms with E-state index in [9.17, 15) is 8.78 Å². The smallest absolute Gasteiger partial charge is 0.255 e. The number of rotatable bonds is 7. The van der Waals surface area contributed by atoms with Crippen molar-refractivity contribution in [1.29, 1.82) is 0 Å². The molecule has 0 spiro atoms. The molecule has 0 aromatic heterocycles. The second kappa shape index (κ2) is 7.06. The Morgan fingerprint density at radius 1 is 1.29 bits per heavy atom. The third-order valence-corrected chi connectivity index (χ3v) is 2.43. The maximum Gasteiger partial charge on any atom is 0.255 e. The van der Waals surface area contributed by atoms with Crippen LogP contribution in [0.3, 0.4) is 0 Å². The van der Waals surface area contributed by atoms with Crippen LogP contribution in [0.25, 0.3) is 0 Å². The van der Waals surface area contributed by atoms with Gasteiger partial charge in [0.25, 0.3) is 6.43 Å². The van der Waals surface area contributed by atoms with E-state index in [-0.39, 0.29) is 6.54 Å². The van der Waals surface area contributed by atoms with E-state index in [1.807, 2.05) is 0 Å². The van der Waals surface area contributed by atoms with Crippen LogP contribution < -0.4 is 15.4 Å². The highest BCUT2D eigenvalue weighted by atomic mass is 19.3. The summed E-state index contributed by atoms with van der Waals surface area (Å²) in [5.41, 5.74) is 6.16. The SMILES string of the molecule is COc1ccc(N(CCCN)CC(F)F)cc1. The van der Waals surface area contributed by atoms with Gasteiger partial charge in [0.15, 0.2) is 0 Å². The topological polar surface area (TPSA) is 38.5 Å². The van der Waals surface area contributed by atoms with Crippen LogP contribution in [-0.2, 0) is 0 Å². The normalized spacial score (nSPS) is 10.6. The molecular formula is C12H18F2N2O. The average Bonchev–Trinajstić information content (AvgIpc) is 2.34. The predicted octanol–water partition coefficient (Wildman–Crippen LogP) is 2.12. The first-order valence-electron chi connectivity index (χ1n) is 5.54. The number of alkyl halides is 2. The molecule has 0 bridgehead atoms. The van der Waals surface area contributed by atoms with E-state index in [0.717, 1.165) is 5.69 Å². The van der Waals surface area contributed by atoms with Crippen LogP contribution in [0.4, 0.5) is 14.5 Å². The molecule has 96 valence electrons. The van der Waals surface area contributed by atoms with Crippen molar-refractivity contribution in [2.24, 2.45) is 5.73 Å². The molecule has 5 heteroatoms. The molecule has 0 amide bonds. The Bertz CT molecular complexity index is 317. The molecule has 0 heterocycles. The van der Waals surface area contributed by atoms with Crippen LogP contribution in [0.2, 0.25) is 0 Å². The van der Waals surface area contributed by atoms with Crippen molar-refractivity contribution in [2.75, 3.05) is 31.6 Å². The highest BCUT2D eigenvalue weighted by Crippen LogP contribution is 2.20. The zero-order valence-corrected chi connectivity index (χ0v) is 9.90. The summed E-state index contributed by atoms with van der Waals surface area (Å²) in [4.78, 5) is 1.64. The number of anilines is 1. The molecule has 0 aliphatic carbocycles. The van der Waals surface area contributed by atoms with Crippen LogP contribution >= 0.6 is 0 Å². The Kier molecular flexibility index (Phi) is 5.69. The number of nitrogens with two attached hydrogens (primary N) is 1. The number of halogens is 2. The van der Waals surface area contributed by atoms with Gasteiger partial charge in [-0.15, -0.1) is 0 Å². The summed E-state index contributed by atoms with van der Waals surface area (Å²) in [6.45, 7) is 0.759. The minimum absolute atomic E-state index is 0.271. The Balaban J connectivity index is 2.72. The summed E-state index contributed by atoms with van der Waals surface area (Å²) in [6.07, 6.45) is -1.66. The van der Waals surface area contributed by atoms with E-state index in [1.165, 1.54) is 0 Å². The molecule has 1 rings (SSSR count). The third-order valence-electron chi connectivity index (χ3n) is 2.43. The van der Waals surface area contributed by atoms with E-state index < -0.39 is 6.43 Å². The molecule has 0 atom stereocenters. The van der Waals surface area contributed by atoms with Crippen molar-refractivity contribution >= 4 is 5.69 Å². The zero-order chi connectivity index (χ0) is 12.7. The van der Waals surface area contributed by atoms with Crippen LogP contribution in [0, 0.1) is 0 Å². The molecule has 1 aromatic rings. The van der Waals surface area contributed by atoms with Gasteiger partial charge in [0.1, 0.15) is 5.75 Å². The molecule has 1 aromatic carbocycles. The predicted molar refractivity (Wildman–Crippen MR) is 64.9 cm³/mol. The van der Waals surface area contributed by atoms with Gasteiger partial charge < -0.3 is 15.4 Å². The lowest BCUT2D eigenvalue weighted by Crippen LogP contribution is -2.30. The van der Waals surface area contributed by atoms with E-state index in [4.69, 9.17) is 10.5 Å². The first kappa shape index (κ1) is 13.7. The fourth-order valence-corrected chi connectivity index (χ4v) is 1.57. The van der Waals surface area contributed by atoms with E-state index in [1.54, 1.807) is 36.3 Å². The summed E-state index contributed by atoms with van der Waals surface area (Å²) >= 11 is 0. The van der Waals surface area contributed by atoms with Gasteiger partial charge in [-0.25, -0.2) is 8.78 Å². The maximum atomic E-state index is 12.4. The Labute approximate surface area is 100 Å². The van der Waals surface area contributed by atoms with Crippen LogP contribution in [0.15, 0.2) is 24.3 Å². The second-order valence-corrected chi connectivity index (χ2v) is 3.68. The third kappa shape index (κ3) is 4.56. The first-order chi connectivity index (χ1) is 8.17. The number of hydrogen-bond donors (Lipinski definition) is 1. The number of hydrogen-bond acceptors (Lipinski definition) is 3. The maximum absolute atomic E-state index is 12.4. The lowest BCUT2D eigenvalue weighted by Gasteiger charge is -2.24. The van der Waals surface area contributed by atoms with Gasteiger partial charge in [-0.3, -0.25) is 0 Å². The van der Waals surface area contributed by atoms with Gasteiger partial charge in [0.2, 0.25) is 0 Å². The Morgan fingerprint density at radius 2 is 1.94 bits per heavy atom. The quantitative estimate of drug-likeness (QED) is 0.798. The number of methoxy groups -OCH3 is 1. The van der Waals surface area contributed by atoms with Gasteiger partial charge in [-0.2, -0.15) is 0 Å². The fraction of sp³-hybridized carbons (Fsp3) is 0.500. The van der Waals surface area contributed by atoms with Crippen LogP contribution in [0.1, 0.15) is 6.42 Å². The van der Waals surface area contributed by atoms with E-state index in [0.29, 0.717) is 25.3 Å². The Hall–Kier alpha value is -1.36. The van der Waals surface area contributed by atoms with E-state index >= 15 is 0 Å². The molecule has 0 radical (unpaired) electrons. The molecule has 0 aliphatic heterocycles. The summed E-state index contributed by atoms with van der Waals surface area (Å²) in [6, 6.07) is 7.07. The standard InChI is InChI=1S/C12H18F2N2O/c1-17-11-5-3-10(4-6-11)16(8-2-7-15)9-12(13)14/h3-6,12H,2,7-9,15H2,1H3. The van der Waals surface area contributed by atoms with Crippen molar-refractivity contribution in [3.8, 4) is 5.75 Å². The number of benzene rings is 1. The molecule has 17 heavy (non-hydrogen) atoms. The molecule has 0 aliphatic rings. The minimum atomic E-state index is -2.35. The molecule has 0 unspecified atom stereocenters. The molecule has 3 nitrogen and oxygen atoms in total. The summed E-state index contributed by atoms with van der Waals surface area (Å²) in [5.74, 6) is 0.713. The largest absolute Gasteiger partial charge is 0.497 e. The van der Waals surface area contributed by atoms with Crippen molar-refractivity contribution in [2.45, 2.75) is 12.8 Å². The van der Waals surface area contributed by atoms with Crippen molar-refractivity contribution < 1.29 is 13.5 Å². The molecule has 0 saturated heterocycles. The number of nitrogens with zero attached hydrogens (tertiary/aromatic N) is 1. The van der Waals surface area contributed by atoms with Crippen LogP contribution in [0.5, 0.6) is 5.75 Å². The average molecular weight is 244 g/mol.